The number of hydrogen-bond acceptors (Lipinski definition) is 3. The second-order valence-corrected chi connectivity index (χ2v) is 5.74. The van der Waals surface area contributed by atoms with Crippen molar-refractivity contribution in [1.29, 1.82) is 0 Å². The van der Waals surface area contributed by atoms with Crippen LogP contribution in [0.2, 0.25) is 5.02 Å². The SMILES string of the molecule is COc1ccc(C(CN)Cc2ccc(OC)c(Cl)c2)c(C)c1. The topological polar surface area (TPSA) is 44.5 Å². The Bertz CT molecular complexity index is 643. The van der Waals surface area contributed by atoms with Crippen LogP contribution in [0, 0.1) is 6.92 Å². The fraction of sp³-hybridized carbons (Fsp3) is 0.333. The van der Waals surface area contributed by atoms with Gasteiger partial charge in [0.15, 0.2) is 0 Å². The number of methoxy groups -OCH3 is 2. The zero-order chi connectivity index (χ0) is 16.1. The second-order valence-electron chi connectivity index (χ2n) is 5.33. The predicted octanol–water partition coefficient (Wildman–Crippen LogP) is 3.95. The Labute approximate surface area is 137 Å². The van der Waals surface area contributed by atoms with Gasteiger partial charge in [-0.1, -0.05) is 23.7 Å². The average molecular weight is 320 g/mol. The molecule has 0 saturated carbocycles. The Morgan fingerprint density at radius 2 is 1.86 bits per heavy atom. The van der Waals surface area contributed by atoms with Gasteiger partial charge in [0.2, 0.25) is 0 Å². The lowest BCUT2D eigenvalue weighted by atomic mass is 9.89. The molecule has 3 nitrogen and oxygen atoms in total. The van der Waals surface area contributed by atoms with E-state index in [0.29, 0.717) is 17.3 Å². The summed E-state index contributed by atoms with van der Waals surface area (Å²) < 4.78 is 10.5. The molecule has 2 aromatic carbocycles. The summed E-state index contributed by atoms with van der Waals surface area (Å²) in [5.74, 6) is 1.80. The van der Waals surface area contributed by atoms with Gasteiger partial charge in [0, 0.05) is 5.92 Å². The summed E-state index contributed by atoms with van der Waals surface area (Å²) in [6, 6.07) is 12.0. The van der Waals surface area contributed by atoms with Gasteiger partial charge in [-0.3, -0.25) is 0 Å². The van der Waals surface area contributed by atoms with Crippen LogP contribution in [-0.2, 0) is 6.42 Å². The number of ether oxygens (including phenoxy) is 2. The summed E-state index contributed by atoms with van der Waals surface area (Å²) in [7, 11) is 3.29. The summed E-state index contributed by atoms with van der Waals surface area (Å²) in [4.78, 5) is 0. The molecular formula is C18H22ClNO2. The predicted molar refractivity (Wildman–Crippen MR) is 91.2 cm³/mol. The molecule has 0 aliphatic carbocycles. The van der Waals surface area contributed by atoms with Gasteiger partial charge in [-0.15, -0.1) is 0 Å². The molecule has 0 heterocycles. The molecule has 0 fully saturated rings. The van der Waals surface area contributed by atoms with Gasteiger partial charge in [-0.2, -0.15) is 0 Å². The number of rotatable bonds is 6. The number of hydrogen-bond donors (Lipinski definition) is 1. The number of benzene rings is 2. The van der Waals surface area contributed by atoms with Crippen LogP contribution in [0.5, 0.6) is 11.5 Å². The van der Waals surface area contributed by atoms with Gasteiger partial charge in [0.05, 0.1) is 19.2 Å². The third kappa shape index (κ3) is 3.73. The van der Waals surface area contributed by atoms with Crippen molar-refractivity contribution in [3.8, 4) is 11.5 Å². The molecule has 0 aliphatic heterocycles. The molecule has 0 spiro atoms. The summed E-state index contributed by atoms with van der Waals surface area (Å²) in [6.07, 6.45) is 0.841. The van der Waals surface area contributed by atoms with E-state index in [1.54, 1.807) is 14.2 Å². The lowest BCUT2D eigenvalue weighted by molar-refractivity contribution is 0.414. The highest BCUT2D eigenvalue weighted by Crippen LogP contribution is 2.30. The number of halogens is 1. The fourth-order valence-corrected chi connectivity index (χ4v) is 2.96. The minimum Gasteiger partial charge on any atom is -0.497 e. The quantitative estimate of drug-likeness (QED) is 0.876. The van der Waals surface area contributed by atoms with E-state index in [0.717, 1.165) is 17.7 Å². The largest absolute Gasteiger partial charge is 0.497 e. The van der Waals surface area contributed by atoms with E-state index in [-0.39, 0.29) is 5.92 Å². The van der Waals surface area contributed by atoms with E-state index in [4.69, 9.17) is 26.8 Å². The highest BCUT2D eigenvalue weighted by atomic mass is 35.5. The van der Waals surface area contributed by atoms with Crippen LogP contribution < -0.4 is 15.2 Å². The normalized spacial score (nSPS) is 12.0. The monoisotopic (exact) mass is 319 g/mol. The van der Waals surface area contributed by atoms with Gasteiger partial charge in [0.25, 0.3) is 0 Å². The van der Waals surface area contributed by atoms with Crippen LogP contribution in [0.3, 0.4) is 0 Å². The van der Waals surface area contributed by atoms with Crippen molar-refractivity contribution < 1.29 is 9.47 Å². The molecule has 1 unspecified atom stereocenters. The van der Waals surface area contributed by atoms with Gasteiger partial charge in [-0.05, 0) is 60.8 Å². The molecule has 2 N–H and O–H groups in total. The second kappa shape index (κ2) is 7.52. The molecule has 0 amide bonds. The molecule has 0 aromatic heterocycles. The maximum Gasteiger partial charge on any atom is 0.137 e. The van der Waals surface area contributed by atoms with E-state index < -0.39 is 0 Å². The first-order chi connectivity index (χ1) is 10.6. The van der Waals surface area contributed by atoms with Crippen LogP contribution >= 0.6 is 11.6 Å². The number of aryl methyl sites for hydroxylation is 1. The molecule has 0 radical (unpaired) electrons. The van der Waals surface area contributed by atoms with Crippen LogP contribution in [-0.4, -0.2) is 20.8 Å². The summed E-state index contributed by atoms with van der Waals surface area (Å²) >= 11 is 6.20. The Balaban J connectivity index is 2.24. The Morgan fingerprint density at radius 1 is 1.09 bits per heavy atom. The van der Waals surface area contributed by atoms with Gasteiger partial charge in [-0.25, -0.2) is 0 Å². The Morgan fingerprint density at radius 3 is 2.41 bits per heavy atom. The minimum atomic E-state index is 0.246. The molecule has 22 heavy (non-hydrogen) atoms. The lowest BCUT2D eigenvalue weighted by Gasteiger charge is -2.19. The molecule has 1 atom stereocenters. The van der Waals surface area contributed by atoms with E-state index >= 15 is 0 Å². The van der Waals surface area contributed by atoms with Crippen molar-refractivity contribution in [2.75, 3.05) is 20.8 Å². The first kappa shape index (κ1) is 16.7. The fourth-order valence-electron chi connectivity index (χ4n) is 2.67. The third-order valence-electron chi connectivity index (χ3n) is 3.90. The van der Waals surface area contributed by atoms with Crippen molar-refractivity contribution in [1.82, 2.24) is 0 Å². The van der Waals surface area contributed by atoms with E-state index in [9.17, 15) is 0 Å². The Hall–Kier alpha value is -1.71. The number of nitrogens with two attached hydrogens (primary N) is 1. The van der Waals surface area contributed by atoms with Crippen LogP contribution in [0.1, 0.15) is 22.6 Å². The average Bonchev–Trinajstić information content (AvgIpc) is 2.53. The molecule has 4 heteroatoms. The highest BCUT2D eigenvalue weighted by molar-refractivity contribution is 6.32. The standard InChI is InChI=1S/C18H22ClNO2/c1-12-8-15(21-2)5-6-16(12)14(11-20)9-13-4-7-18(22-3)17(19)10-13/h4-8,10,14H,9,11,20H2,1-3H3. The molecule has 2 rings (SSSR count). The molecule has 0 saturated heterocycles. The lowest BCUT2D eigenvalue weighted by Crippen LogP contribution is -2.16. The van der Waals surface area contributed by atoms with Gasteiger partial charge < -0.3 is 15.2 Å². The molecule has 0 aliphatic rings. The van der Waals surface area contributed by atoms with Crippen LogP contribution in [0.4, 0.5) is 0 Å². The van der Waals surface area contributed by atoms with E-state index in [2.05, 4.69) is 13.0 Å². The maximum atomic E-state index is 6.20. The summed E-state index contributed by atoms with van der Waals surface area (Å²) in [5, 5.41) is 0.627. The van der Waals surface area contributed by atoms with Crippen molar-refractivity contribution in [2.24, 2.45) is 5.73 Å². The van der Waals surface area contributed by atoms with Crippen molar-refractivity contribution >= 4 is 11.6 Å². The summed E-state index contributed by atoms with van der Waals surface area (Å²) in [6.45, 7) is 2.67. The third-order valence-corrected chi connectivity index (χ3v) is 4.19. The van der Waals surface area contributed by atoms with Gasteiger partial charge in [0.1, 0.15) is 11.5 Å². The zero-order valence-corrected chi connectivity index (χ0v) is 14.0. The van der Waals surface area contributed by atoms with Crippen molar-refractivity contribution in [2.45, 2.75) is 19.3 Å². The first-order valence-electron chi connectivity index (χ1n) is 7.26. The molecule has 0 bridgehead atoms. The smallest absolute Gasteiger partial charge is 0.137 e. The Kier molecular flexibility index (Phi) is 5.69. The van der Waals surface area contributed by atoms with Crippen LogP contribution in [0.15, 0.2) is 36.4 Å². The van der Waals surface area contributed by atoms with Crippen molar-refractivity contribution in [3.05, 3.63) is 58.1 Å². The molecule has 2 aromatic rings. The zero-order valence-electron chi connectivity index (χ0n) is 13.2. The molecular weight excluding hydrogens is 298 g/mol. The van der Waals surface area contributed by atoms with E-state index in [1.807, 2.05) is 30.3 Å². The first-order valence-corrected chi connectivity index (χ1v) is 7.63. The molecule has 118 valence electrons. The van der Waals surface area contributed by atoms with Gasteiger partial charge >= 0.3 is 0 Å². The van der Waals surface area contributed by atoms with E-state index in [1.165, 1.54) is 11.1 Å². The van der Waals surface area contributed by atoms with Crippen LogP contribution in [0.25, 0.3) is 0 Å². The summed E-state index contributed by atoms with van der Waals surface area (Å²) in [5.41, 5.74) is 9.58. The minimum absolute atomic E-state index is 0.246. The van der Waals surface area contributed by atoms with Crippen molar-refractivity contribution in [3.63, 3.8) is 0 Å². The maximum absolute atomic E-state index is 6.20. The highest BCUT2D eigenvalue weighted by Gasteiger charge is 2.14.